The minimum Gasteiger partial charge on any atom is -0.382 e. The molecule has 0 bridgehead atoms. The van der Waals surface area contributed by atoms with E-state index in [1.54, 1.807) is 0 Å². The number of hydrogen-bond donors (Lipinski definition) is 2. The van der Waals surface area contributed by atoms with Crippen LogP contribution < -0.4 is 10.6 Å². The standard InChI is InChI=1S/C19H24N4O/c1-12-13(2)23(11-21-12)18-5-3-16(4-6-18)22-17-7-14(8-17)15-9-19(24)20-10-15/h3-6,11,14-15,17,22H,7-10H2,1-2H3,(H,20,24). The van der Waals surface area contributed by atoms with Gasteiger partial charge in [-0.2, -0.15) is 0 Å². The summed E-state index contributed by atoms with van der Waals surface area (Å²) >= 11 is 0. The average molecular weight is 324 g/mol. The van der Waals surface area contributed by atoms with E-state index >= 15 is 0 Å². The first kappa shape index (κ1) is 15.2. The van der Waals surface area contributed by atoms with Gasteiger partial charge in [-0.25, -0.2) is 4.98 Å². The average Bonchev–Trinajstić information content (AvgIpc) is 3.10. The zero-order valence-electron chi connectivity index (χ0n) is 14.2. The van der Waals surface area contributed by atoms with E-state index in [1.165, 1.54) is 18.5 Å². The van der Waals surface area contributed by atoms with Gasteiger partial charge in [-0.1, -0.05) is 0 Å². The van der Waals surface area contributed by atoms with Gasteiger partial charge < -0.3 is 15.2 Å². The Labute approximate surface area is 142 Å². The van der Waals surface area contributed by atoms with Crippen molar-refractivity contribution in [2.75, 3.05) is 11.9 Å². The minimum atomic E-state index is 0.219. The third-order valence-corrected chi connectivity index (χ3v) is 5.62. The molecule has 5 nitrogen and oxygen atoms in total. The predicted octanol–water partition coefficient (Wildman–Crippen LogP) is 2.82. The highest BCUT2D eigenvalue weighted by Crippen LogP contribution is 2.38. The first-order valence-electron chi connectivity index (χ1n) is 8.74. The van der Waals surface area contributed by atoms with Gasteiger partial charge in [0.2, 0.25) is 5.91 Å². The maximum Gasteiger partial charge on any atom is 0.220 e. The summed E-state index contributed by atoms with van der Waals surface area (Å²) < 4.78 is 2.11. The highest BCUT2D eigenvalue weighted by atomic mass is 16.1. The molecule has 0 radical (unpaired) electrons. The van der Waals surface area contributed by atoms with Crippen LogP contribution in [0.15, 0.2) is 30.6 Å². The molecule has 1 aromatic carbocycles. The summed E-state index contributed by atoms with van der Waals surface area (Å²) in [5.74, 6) is 1.46. The van der Waals surface area contributed by atoms with Crippen molar-refractivity contribution in [3.8, 4) is 5.69 Å². The number of aromatic nitrogens is 2. The molecule has 1 aromatic heterocycles. The van der Waals surface area contributed by atoms with Crippen molar-refractivity contribution in [3.05, 3.63) is 42.0 Å². The molecule has 2 fully saturated rings. The second-order valence-electron chi connectivity index (χ2n) is 7.17. The van der Waals surface area contributed by atoms with Crippen molar-refractivity contribution in [2.45, 2.75) is 39.2 Å². The quantitative estimate of drug-likeness (QED) is 0.909. The van der Waals surface area contributed by atoms with E-state index in [0.717, 1.165) is 30.0 Å². The third kappa shape index (κ3) is 2.79. The molecule has 24 heavy (non-hydrogen) atoms. The van der Waals surface area contributed by atoms with E-state index in [4.69, 9.17) is 0 Å². The Morgan fingerprint density at radius 2 is 1.92 bits per heavy atom. The maximum absolute atomic E-state index is 11.3. The molecule has 1 aliphatic carbocycles. The predicted molar refractivity (Wildman–Crippen MR) is 94.3 cm³/mol. The number of imidazole rings is 1. The molecule has 1 saturated carbocycles. The van der Waals surface area contributed by atoms with Crippen molar-refractivity contribution < 1.29 is 4.79 Å². The number of nitrogens with one attached hydrogen (secondary N) is 2. The number of amides is 1. The number of nitrogens with zero attached hydrogens (tertiary/aromatic N) is 2. The van der Waals surface area contributed by atoms with Crippen LogP contribution in [0.1, 0.15) is 30.7 Å². The van der Waals surface area contributed by atoms with Gasteiger partial charge in [0.05, 0.1) is 12.0 Å². The first-order chi connectivity index (χ1) is 11.6. The molecule has 2 aromatic rings. The van der Waals surface area contributed by atoms with Gasteiger partial charge in [0.1, 0.15) is 0 Å². The van der Waals surface area contributed by atoms with Crippen LogP contribution in [0.5, 0.6) is 0 Å². The first-order valence-corrected chi connectivity index (χ1v) is 8.74. The summed E-state index contributed by atoms with van der Waals surface area (Å²) in [7, 11) is 0. The highest BCUT2D eigenvalue weighted by Gasteiger charge is 2.38. The molecule has 2 aliphatic rings. The molecule has 126 valence electrons. The summed E-state index contributed by atoms with van der Waals surface area (Å²) in [6.45, 7) is 4.99. The lowest BCUT2D eigenvalue weighted by Crippen LogP contribution is -2.39. The zero-order chi connectivity index (χ0) is 16.7. The zero-order valence-corrected chi connectivity index (χ0v) is 14.2. The Hall–Kier alpha value is -2.30. The molecule has 4 rings (SSSR count). The lowest BCUT2D eigenvalue weighted by atomic mass is 9.72. The fourth-order valence-electron chi connectivity index (χ4n) is 3.84. The SMILES string of the molecule is Cc1ncn(-c2ccc(NC3CC(C4CNC(=O)C4)C3)cc2)c1C. The van der Waals surface area contributed by atoms with E-state index < -0.39 is 0 Å². The summed E-state index contributed by atoms with van der Waals surface area (Å²) in [6.07, 6.45) is 4.93. The molecular weight excluding hydrogens is 300 g/mol. The molecule has 1 unspecified atom stereocenters. The van der Waals surface area contributed by atoms with Gasteiger partial charge in [-0.3, -0.25) is 4.79 Å². The molecule has 2 N–H and O–H groups in total. The number of aryl methyl sites for hydroxylation is 1. The van der Waals surface area contributed by atoms with Crippen LogP contribution >= 0.6 is 0 Å². The van der Waals surface area contributed by atoms with E-state index in [2.05, 4.69) is 51.4 Å². The molecule has 1 saturated heterocycles. The number of rotatable bonds is 4. The normalized spacial score (nSPS) is 26.1. The van der Waals surface area contributed by atoms with Crippen molar-refractivity contribution in [2.24, 2.45) is 11.8 Å². The van der Waals surface area contributed by atoms with Crippen LogP contribution in [0.3, 0.4) is 0 Å². The van der Waals surface area contributed by atoms with Crippen molar-refractivity contribution in [1.29, 1.82) is 0 Å². The van der Waals surface area contributed by atoms with Crippen molar-refractivity contribution in [3.63, 3.8) is 0 Å². The number of carbonyl (C=O) groups excluding carboxylic acids is 1. The van der Waals surface area contributed by atoms with Crippen molar-refractivity contribution in [1.82, 2.24) is 14.9 Å². The minimum absolute atomic E-state index is 0.219. The smallest absolute Gasteiger partial charge is 0.220 e. The number of hydrogen-bond acceptors (Lipinski definition) is 3. The lowest BCUT2D eigenvalue weighted by Gasteiger charge is -2.39. The molecular formula is C19H24N4O. The number of benzene rings is 1. The van der Waals surface area contributed by atoms with Crippen LogP contribution in [0, 0.1) is 25.7 Å². The van der Waals surface area contributed by atoms with Gasteiger partial charge in [-0.05, 0) is 62.8 Å². The molecule has 5 heteroatoms. The lowest BCUT2D eigenvalue weighted by molar-refractivity contribution is -0.119. The summed E-state index contributed by atoms with van der Waals surface area (Å²) in [4.78, 5) is 15.7. The molecule has 2 heterocycles. The van der Waals surface area contributed by atoms with Gasteiger partial charge in [0.25, 0.3) is 0 Å². The van der Waals surface area contributed by atoms with Crippen LogP contribution in [0.4, 0.5) is 5.69 Å². The topological polar surface area (TPSA) is 59.0 Å². The second kappa shape index (κ2) is 5.96. The number of anilines is 1. The molecule has 0 spiro atoms. The van der Waals surface area contributed by atoms with Gasteiger partial charge >= 0.3 is 0 Å². The molecule has 1 aliphatic heterocycles. The van der Waals surface area contributed by atoms with Crippen LogP contribution in [0.25, 0.3) is 5.69 Å². The van der Waals surface area contributed by atoms with Gasteiger partial charge in [-0.15, -0.1) is 0 Å². The summed E-state index contributed by atoms with van der Waals surface area (Å²) in [5, 5.41) is 6.56. The Bertz CT molecular complexity index is 743. The fourth-order valence-corrected chi connectivity index (χ4v) is 3.84. The van der Waals surface area contributed by atoms with Crippen LogP contribution in [-0.4, -0.2) is 28.0 Å². The summed E-state index contributed by atoms with van der Waals surface area (Å²) in [6, 6.07) is 9.07. The Balaban J connectivity index is 1.34. The van der Waals surface area contributed by atoms with E-state index in [-0.39, 0.29) is 5.91 Å². The fraction of sp³-hybridized carbons (Fsp3) is 0.474. The van der Waals surface area contributed by atoms with E-state index in [0.29, 0.717) is 17.9 Å². The van der Waals surface area contributed by atoms with Gasteiger partial charge in [0, 0.05) is 36.1 Å². The highest BCUT2D eigenvalue weighted by molar-refractivity contribution is 5.78. The Kier molecular flexibility index (Phi) is 3.79. The maximum atomic E-state index is 11.3. The van der Waals surface area contributed by atoms with Crippen LogP contribution in [0.2, 0.25) is 0 Å². The van der Waals surface area contributed by atoms with Gasteiger partial charge in [0.15, 0.2) is 0 Å². The van der Waals surface area contributed by atoms with E-state index in [9.17, 15) is 4.79 Å². The second-order valence-corrected chi connectivity index (χ2v) is 7.17. The van der Waals surface area contributed by atoms with E-state index in [1.807, 2.05) is 13.3 Å². The Morgan fingerprint density at radius 3 is 2.50 bits per heavy atom. The monoisotopic (exact) mass is 324 g/mol. The summed E-state index contributed by atoms with van der Waals surface area (Å²) in [5.41, 5.74) is 4.55. The Morgan fingerprint density at radius 1 is 1.17 bits per heavy atom. The molecule has 1 atom stereocenters. The third-order valence-electron chi connectivity index (χ3n) is 5.62. The van der Waals surface area contributed by atoms with Crippen molar-refractivity contribution >= 4 is 11.6 Å². The van der Waals surface area contributed by atoms with Crippen LogP contribution in [-0.2, 0) is 4.79 Å². The number of carbonyl (C=O) groups is 1. The molecule has 1 amide bonds. The largest absolute Gasteiger partial charge is 0.382 e.